The SMILES string of the molecule is CCCC[Te]c1cccc(O)c1. The first-order chi connectivity index (χ1) is 5.83. The van der Waals surface area contributed by atoms with E-state index < -0.39 is 0 Å². The second-order valence-electron chi connectivity index (χ2n) is 2.70. The van der Waals surface area contributed by atoms with Crippen LogP contribution >= 0.6 is 0 Å². The van der Waals surface area contributed by atoms with Crippen LogP contribution in [0.25, 0.3) is 0 Å². The van der Waals surface area contributed by atoms with E-state index in [9.17, 15) is 5.11 Å². The van der Waals surface area contributed by atoms with Crippen molar-refractivity contribution in [1.82, 2.24) is 0 Å². The Morgan fingerprint density at radius 2 is 2.25 bits per heavy atom. The second-order valence-corrected chi connectivity index (χ2v) is 6.03. The maximum absolute atomic E-state index is 9.19. The fourth-order valence-electron chi connectivity index (χ4n) is 0.908. The van der Waals surface area contributed by atoms with Gasteiger partial charge in [0, 0.05) is 0 Å². The summed E-state index contributed by atoms with van der Waals surface area (Å²) in [6, 6.07) is 7.69. The fraction of sp³-hybridized carbons (Fsp3) is 0.400. The van der Waals surface area contributed by atoms with Gasteiger partial charge in [0.15, 0.2) is 0 Å². The van der Waals surface area contributed by atoms with Crippen LogP contribution in [0.4, 0.5) is 0 Å². The van der Waals surface area contributed by atoms with Crippen LogP contribution in [0.5, 0.6) is 5.75 Å². The van der Waals surface area contributed by atoms with Crippen LogP contribution in [-0.4, -0.2) is 26.0 Å². The monoisotopic (exact) mass is 280 g/mol. The van der Waals surface area contributed by atoms with E-state index in [2.05, 4.69) is 13.0 Å². The second kappa shape index (κ2) is 5.45. The number of aromatic hydroxyl groups is 1. The molecule has 1 nitrogen and oxygen atoms in total. The van der Waals surface area contributed by atoms with Crippen LogP contribution in [0.1, 0.15) is 19.8 Å². The number of hydrogen-bond donors (Lipinski definition) is 1. The van der Waals surface area contributed by atoms with Gasteiger partial charge in [0.1, 0.15) is 0 Å². The predicted molar refractivity (Wildman–Crippen MR) is 53.2 cm³/mol. The molecule has 0 heterocycles. The van der Waals surface area contributed by atoms with E-state index in [4.69, 9.17) is 0 Å². The van der Waals surface area contributed by atoms with E-state index in [-0.39, 0.29) is 20.9 Å². The first-order valence-corrected chi connectivity index (χ1v) is 7.06. The summed E-state index contributed by atoms with van der Waals surface area (Å²) in [5.41, 5.74) is 0. The average Bonchev–Trinajstić information content (AvgIpc) is 2.05. The summed E-state index contributed by atoms with van der Waals surface area (Å²) in [4.78, 5) is 0. The van der Waals surface area contributed by atoms with Gasteiger partial charge in [0.2, 0.25) is 0 Å². The summed E-state index contributed by atoms with van der Waals surface area (Å²) in [6.07, 6.45) is 2.61. The van der Waals surface area contributed by atoms with E-state index in [1.807, 2.05) is 12.1 Å². The Morgan fingerprint density at radius 1 is 1.42 bits per heavy atom. The van der Waals surface area contributed by atoms with Gasteiger partial charge in [0.25, 0.3) is 0 Å². The molecule has 0 aliphatic rings. The molecular weight excluding hydrogens is 264 g/mol. The van der Waals surface area contributed by atoms with E-state index in [0.717, 1.165) is 0 Å². The number of phenols is 1. The predicted octanol–water partition coefficient (Wildman–Crippen LogP) is 1.94. The molecule has 1 aromatic carbocycles. The molecule has 0 bridgehead atoms. The van der Waals surface area contributed by atoms with E-state index in [1.54, 1.807) is 6.07 Å². The van der Waals surface area contributed by atoms with Gasteiger partial charge in [-0.05, 0) is 0 Å². The minimum atomic E-state index is -0.0277. The standard InChI is InChI=1S/C10H14OTe/c1-2-3-7-12-10-6-4-5-9(11)8-10/h4-6,8,11H,2-3,7H2,1H3. The molecule has 1 aromatic rings. The van der Waals surface area contributed by atoms with Crippen molar-refractivity contribution in [1.29, 1.82) is 0 Å². The molecule has 0 saturated carbocycles. The van der Waals surface area contributed by atoms with Crippen LogP contribution in [0.3, 0.4) is 0 Å². The van der Waals surface area contributed by atoms with Gasteiger partial charge in [-0.3, -0.25) is 0 Å². The molecule has 1 rings (SSSR count). The molecule has 0 atom stereocenters. The third-order valence-electron chi connectivity index (χ3n) is 1.58. The fourth-order valence-corrected chi connectivity index (χ4v) is 3.90. The first-order valence-electron chi connectivity index (χ1n) is 4.24. The molecule has 2 heteroatoms. The van der Waals surface area contributed by atoms with Gasteiger partial charge in [0.05, 0.1) is 0 Å². The molecule has 0 aliphatic heterocycles. The van der Waals surface area contributed by atoms with Crippen molar-refractivity contribution in [3.05, 3.63) is 24.3 Å². The molecule has 0 unspecified atom stereocenters. The Hall–Kier alpha value is -0.190. The quantitative estimate of drug-likeness (QED) is 0.659. The van der Waals surface area contributed by atoms with Crippen molar-refractivity contribution >= 4 is 24.5 Å². The molecule has 12 heavy (non-hydrogen) atoms. The van der Waals surface area contributed by atoms with Crippen molar-refractivity contribution in [2.45, 2.75) is 24.2 Å². The molecule has 0 saturated heterocycles. The minimum absolute atomic E-state index is 0.0277. The number of rotatable bonds is 4. The van der Waals surface area contributed by atoms with Crippen molar-refractivity contribution in [2.75, 3.05) is 0 Å². The zero-order valence-corrected chi connectivity index (χ0v) is 9.62. The van der Waals surface area contributed by atoms with Crippen molar-refractivity contribution in [3.63, 3.8) is 0 Å². The zero-order valence-electron chi connectivity index (χ0n) is 7.29. The Labute approximate surface area is 83.9 Å². The summed E-state index contributed by atoms with van der Waals surface area (Å²) in [5.74, 6) is 0.411. The van der Waals surface area contributed by atoms with Gasteiger partial charge in [-0.15, -0.1) is 0 Å². The molecule has 0 amide bonds. The zero-order chi connectivity index (χ0) is 8.81. The van der Waals surface area contributed by atoms with Gasteiger partial charge in [-0.1, -0.05) is 0 Å². The number of unbranched alkanes of at least 4 members (excludes halogenated alkanes) is 1. The molecular formula is C10H14OTe. The van der Waals surface area contributed by atoms with E-state index in [0.29, 0.717) is 5.75 Å². The van der Waals surface area contributed by atoms with Crippen LogP contribution in [0.15, 0.2) is 24.3 Å². The van der Waals surface area contributed by atoms with Gasteiger partial charge < -0.3 is 0 Å². The Bertz CT molecular complexity index is 235. The van der Waals surface area contributed by atoms with Crippen LogP contribution in [-0.2, 0) is 0 Å². The van der Waals surface area contributed by atoms with Crippen molar-refractivity contribution < 1.29 is 5.11 Å². The molecule has 0 fully saturated rings. The number of hydrogen-bond acceptors (Lipinski definition) is 1. The number of benzene rings is 1. The third-order valence-corrected chi connectivity index (χ3v) is 4.67. The summed E-state index contributed by atoms with van der Waals surface area (Å²) < 4.78 is 2.72. The van der Waals surface area contributed by atoms with Crippen LogP contribution in [0.2, 0.25) is 4.47 Å². The van der Waals surface area contributed by atoms with Crippen molar-refractivity contribution in [3.8, 4) is 5.75 Å². The summed E-state index contributed by atoms with van der Waals surface area (Å²) in [7, 11) is 0. The Morgan fingerprint density at radius 3 is 2.92 bits per heavy atom. The molecule has 66 valence electrons. The Balaban J connectivity index is 2.41. The van der Waals surface area contributed by atoms with Gasteiger partial charge in [-0.2, -0.15) is 0 Å². The van der Waals surface area contributed by atoms with Gasteiger partial charge in [-0.25, -0.2) is 0 Å². The average molecular weight is 278 g/mol. The topological polar surface area (TPSA) is 20.2 Å². The van der Waals surface area contributed by atoms with Crippen LogP contribution < -0.4 is 3.61 Å². The maximum atomic E-state index is 9.19. The molecule has 0 radical (unpaired) electrons. The molecule has 0 spiro atoms. The Kier molecular flexibility index (Phi) is 4.50. The molecule has 1 N–H and O–H groups in total. The third kappa shape index (κ3) is 3.47. The summed E-state index contributed by atoms with van der Waals surface area (Å²) >= 11 is -0.0277. The van der Waals surface area contributed by atoms with Crippen LogP contribution in [0, 0.1) is 0 Å². The summed E-state index contributed by atoms with van der Waals surface area (Å²) in [5, 5.41) is 9.19. The van der Waals surface area contributed by atoms with E-state index in [1.165, 1.54) is 20.9 Å². The van der Waals surface area contributed by atoms with Gasteiger partial charge >= 0.3 is 83.9 Å². The molecule has 0 aromatic heterocycles. The van der Waals surface area contributed by atoms with Crippen molar-refractivity contribution in [2.24, 2.45) is 0 Å². The normalized spacial score (nSPS) is 10.1. The first kappa shape index (κ1) is 9.89. The molecule has 0 aliphatic carbocycles. The van der Waals surface area contributed by atoms with E-state index >= 15 is 0 Å². The summed E-state index contributed by atoms with van der Waals surface area (Å²) in [6.45, 7) is 2.22. The number of phenolic OH excluding ortho intramolecular Hbond substituents is 1.